The summed E-state index contributed by atoms with van der Waals surface area (Å²) in [6, 6.07) is 17.1. The molecule has 2 unspecified atom stereocenters. The molecule has 0 spiro atoms. The first-order valence-corrected chi connectivity index (χ1v) is 11.9. The maximum Gasteiger partial charge on any atom is 0.410 e. The molecule has 9 heteroatoms. The molecule has 0 aliphatic carbocycles. The normalized spacial score (nSPS) is 17.9. The Labute approximate surface area is 210 Å². The monoisotopic (exact) mass is 491 g/mol. The molecule has 3 amide bonds. The minimum absolute atomic E-state index is 0.0955. The number of rotatable bonds is 6. The lowest BCUT2D eigenvalue weighted by Crippen LogP contribution is -2.58. The number of halogens is 1. The van der Waals surface area contributed by atoms with Gasteiger partial charge in [0.15, 0.2) is 5.82 Å². The Morgan fingerprint density at radius 1 is 1.00 bits per heavy atom. The lowest BCUT2D eigenvalue weighted by atomic mass is 10.1. The number of nitrogens with one attached hydrogen (secondary N) is 2. The van der Waals surface area contributed by atoms with E-state index >= 15 is 4.39 Å². The molecule has 3 aromatic rings. The average Bonchev–Trinajstić information content (AvgIpc) is 2.86. The largest absolute Gasteiger partial charge is 0.445 e. The molecule has 0 saturated carbocycles. The summed E-state index contributed by atoms with van der Waals surface area (Å²) in [5.41, 5.74) is 2.00. The summed E-state index contributed by atoms with van der Waals surface area (Å²) >= 11 is 0. The Kier molecular flexibility index (Phi) is 8.12. The van der Waals surface area contributed by atoms with Crippen molar-refractivity contribution >= 4 is 23.5 Å². The van der Waals surface area contributed by atoms with Crippen molar-refractivity contribution in [2.45, 2.75) is 39.1 Å². The molecule has 0 radical (unpaired) electrons. The van der Waals surface area contributed by atoms with E-state index in [9.17, 15) is 9.59 Å². The Hall–Kier alpha value is -3.98. The number of carbonyl (C=O) groups excluding carboxylic acids is 2. The van der Waals surface area contributed by atoms with Gasteiger partial charge >= 0.3 is 12.1 Å². The molecule has 36 heavy (non-hydrogen) atoms. The number of aromatic nitrogens is 1. The first-order valence-electron chi connectivity index (χ1n) is 11.9. The Balaban J connectivity index is 1.34. The Morgan fingerprint density at radius 3 is 2.44 bits per heavy atom. The molecular weight excluding hydrogens is 461 g/mol. The van der Waals surface area contributed by atoms with E-state index in [-0.39, 0.29) is 30.5 Å². The predicted octanol–water partition coefficient (Wildman–Crippen LogP) is 5.10. The smallest absolute Gasteiger partial charge is 0.410 e. The maximum atomic E-state index is 15.2. The summed E-state index contributed by atoms with van der Waals surface area (Å²) < 4.78 is 20.8. The highest BCUT2D eigenvalue weighted by atomic mass is 19.1. The third-order valence-electron chi connectivity index (χ3n) is 6.05. The lowest BCUT2D eigenvalue weighted by molar-refractivity contribution is 0.0184. The summed E-state index contributed by atoms with van der Waals surface area (Å²) in [6.07, 6.45) is 2.75. The van der Waals surface area contributed by atoms with Crippen molar-refractivity contribution in [3.8, 4) is 0 Å². The highest BCUT2D eigenvalue weighted by Gasteiger charge is 2.34. The molecule has 2 heterocycles. The maximum absolute atomic E-state index is 15.2. The van der Waals surface area contributed by atoms with Gasteiger partial charge in [0.05, 0.1) is 17.6 Å². The van der Waals surface area contributed by atoms with Crippen LogP contribution in [0.5, 0.6) is 0 Å². The highest BCUT2D eigenvalue weighted by molar-refractivity contribution is 5.99. The molecule has 1 aliphatic rings. The van der Waals surface area contributed by atoms with E-state index in [2.05, 4.69) is 20.5 Å². The van der Waals surface area contributed by atoms with E-state index in [0.717, 1.165) is 5.56 Å². The van der Waals surface area contributed by atoms with Crippen molar-refractivity contribution in [3.63, 3.8) is 0 Å². The van der Waals surface area contributed by atoms with Crippen LogP contribution < -0.4 is 10.6 Å². The molecule has 2 aromatic carbocycles. The fraction of sp³-hybridized carbons (Fsp3) is 0.296. The van der Waals surface area contributed by atoms with Crippen LogP contribution in [0.3, 0.4) is 0 Å². The molecule has 2 atom stereocenters. The molecule has 1 fully saturated rings. The quantitative estimate of drug-likeness (QED) is 0.501. The van der Waals surface area contributed by atoms with E-state index in [1.165, 1.54) is 12.3 Å². The molecule has 0 bridgehead atoms. The number of carbonyl (C=O) groups is 2. The van der Waals surface area contributed by atoms with Crippen LogP contribution in [0, 0.1) is 5.82 Å². The van der Waals surface area contributed by atoms with Crippen LogP contribution in [0.2, 0.25) is 0 Å². The molecule has 4 rings (SSSR count). The van der Waals surface area contributed by atoms with Gasteiger partial charge in [-0.25, -0.2) is 14.0 Å². The van der Waals surface area contributed by atoms with Crippen molar-refractivity contribution < 1.29 is 18.7 Å². The average molecular weight is 492 g/mol. The number of benzene rings is 2. The zero-order chi connectivity index (χ0) is 25.5. The van der Waals surface area contributed by atoms with E-state index in [0.29, 0.717) is 30.9 Å². The fourth-order valence-electron chi connectivity index (χ4n) is 4.48. The number of urea groups is 1. The van der Waals surface area contributed by atoms with Crippen molar-refractivity contribution in [1.82, 2.24) is 14.8 Å². The van der Waals surface area contributed by atoms with Crippen LogP contribution in [0.15, 0.2) is 73.1 Å². The minimum Gasteiger partial charge on any atom is -0.445 e. The van der Waals surface area contributed by atoms with Gasteiger partial charge in [-0.2, -0.15) is 0 Å². The van der Waals surface area contributed by atoms with Gasteiger partial charge in [0.1, 0.15) is 6.61 Å². The van der Waals surface area contributed by atoms with Gasteiger partial charge in [-0.3, -0.25) is 9.88 Å². The molecule has 1 aliphatic heterocycles. The number of anilines is 2. The van der Waals surface area contributed by atoms with Crippen molar-refractivity contribution in [2.75, 3.05) is 23.7 Å². The summed E-state index contributed by atoms with van der Waals surface area (Å²) in [6.45, 7) is 5.64. The summed E-state index contributed by atoms with van der Waals surface area (Å²) in [4.78, 5) is 32.8. The van der Waals surface area contributed by atoms with Crippen molar-refractivity contribution in [1.29, 1.82) is 0 Å². The molecule has 8 nitrogen and oxygen atoms in total. The van der Waals surface area contributed by atoms with Gasteiger partial charge in [0.2, 0.25) is 0 Å². The number of ether oxygens (including phenoxy) is 1. The van der Waals surface area contributed by atoms with E-state index in [1.54, 1.807) is 35.4 Å². The number of pyridine rings is 1. The zero-order valence-electron chi connectivity index (χ0n) is 20.4. The SMILES string of the molecule is CC1CN(Cc2cccc(NC(=O)Nc3cccnc3)c2F)CC(C)N1C(=O)OCc1ccccc1. The Morgan fingerprint density at radius 2 is 1.75 bits per heavy atom. The van der Waals surface area contributed by atoms with E-state index < -0.39 is 11.8 Å². The van der Waals surface area contributed by atoms with Gasteiger partial charge in [0, 0.05) is 43.5 Å². The van der Waals surface area contributed by atoms with Crippen LogP contribution in [-0.2, 0) is 17.9 Å². The Bertz CT molecular complexity index is 1170. The van der Waals surface area contributed by atoms with E-state index in [1.807, 2.05) is 44.2 Å². The summed E-state index contributed by atoms with van der Waals surface area (Å²) in [5, 5.41) is 5.19. The van der Waals surface area contributed by atoms with Gasteiger partial charge in [-0.1, -0.05) is 42.5 Å². The third-order valence-corrected chi connectivity index (χ3v) is 6.05. The zero-order valence-corrected chi connectivity index (χ0v) is 20.4. The molecule has 1 saturated heterocycles. The molecule has 188 valence electrons. The van der Waals surface area contributed by atoms with Crippen molar-refractivity contribution in [3.05, 3.63) is 90.0 Å². The van der Waals surface area contributed by atoms with Crippen LogP contribution in [0.1, 0.15) is 25.0 Å². The number of hydrogen-bond donors (Lipinski definition) is 2. The van der Waals surface area contributed by atoms with Crippen LogP contribution in [-0.4, -0.2) is 52.1 Å². The van der Waals surface area contributed by atoms with E-state index in [4.69, 9.17) is 4.74 Å². The van der Waals surface area contributed by atoms with Crippen LogP contribution >= 0.6 is 0 Å². The second-order valence-corrected chi connectivity index (χ2v) is 8.94. The van der Waals surface area contributed by atoms with Crippen LogP contribution in [0.25, 0.3) is 0 Å². The standard InChI is InChI=1S/C27H30FN5O3/c1-19-15-32(16-20(2)33(19)27(35)36-18-21-8-4-3-5-9-21)17-22-10-6-12-24(25(22)28)31-26(34)30-23-11-7-13-29-14-23/h3-14,19-20H,15-18H2,1-2H3,(H2,30,31,34). The van der Waals surface area contributed by atoms with Gasteiger partial charge in [0.25, 0.3) is 0 Å². The van der Waals surface area contributed by atoms with Crippen molar-refractivity contribution in [2.24, 2.45) is 0 Å². The number of piperazine rings is 1. The number of hydrogen-bond acceptors (Lipinski definition) is 5. The second kappa shape index (κ2) is 11.6. The topological polar surface area (TPSA) is 86.8 Å². The number of nitrogens with zero attached hydrogens (tertiary/aromatic N) is 3. The fourth-order valence-corrected chi connectivity index (χ4v) is 4.48. The minimum atomic E-state index is -0.552. The lowest BCUT2D eigenvalue weighted by Gasteiger charge is -2.43. The predicted molar refractivity (Wildman–Crippen MR) is 136 cm³/mol. The first kappa shape index (κ1) is 25.1. The van der Waals surface area contributed by atoms with Crippen LogP contribution in [0.4, 0.5) is 25.4 Å². The molecule has 2 N–H and O–H groups in total. The summed E-state index contributed by atoms with van der Waals surface area (Å²) in [5.74, 6) is -0.483. The van der Waals surface area contributed by atoms with Gasteiger partial charge in [-0.05, 0) is 37.6 Å². The first-order chi connectivity index (χ1) is 17.4. The summed E-state index contributed by atoms with van der Waals surface area (Å²) in [7, 11) is 0. The third kappa shape index (κ3) is 6.37. The molecular formula is C27H30FN5O3. The molecule has 1 aromatic heterocycles. The number of amides is 3. The van der Waals surface area contributed by atoms with Gasteiger partial charge in [-0.15, -0.1) is 0 Å². The van der Waals surface area contributed by atoms with Gasteiger partial charge < -0.3 is 20.3 Å². The highest BCUT2D eigenvalue weighted by Crippen LogP contribution is 2.23. The second-order valence-electron chi connectivity index (χ2n) is 8.94.